The molecule has 11 heteroatoms. The summed E-state index contributed by atoms with van der Waals surface area (Å²) in [7, 11) is 0. The number of benzene rings is 1. The summed E-state index contributed by atoms with van der Waals surface area (Å²) in [5, 5.41) is 4.13. The van der Waals surface area contributed by atoms with Crippen LogP contribution in [0.15, 0.2) is 41.7 Å². The number of hydrogen-bond donors (Lipinski definition) is 0. The summed E-state index contributed by atoms with van der Waals surface area (Å²) in [6, 6.07) is 1.70. The summed E-state index contributed by atoms with van der Waals surface area (Å²) >= 11 is 0. The van der Waals surface area contributed by atoms with Crippen LogP contribution in [0.25, 0.3) is 5.69 Å². The van der Waals surface area contributed by atoms with Gasteiger partial charge in [-0.05, 0) is 25.8 Å². The second-order valence-electron chi connectivity index (χ2n) is 7.53. The van der Waals surface area contributed by atoms with E-state index in [4.69, 9.17) is 9.47 Å². The number of rotatable bonds is 7. The van der Waals surface area contributed by atoms with E-state index in [-0.39, 0.29) is 25.0 Å². The number of nitrogens with zero attached hydrogens (tertiary/aromatic N) is 4. The molecule has 1 atom stereocenters. The minimum atomic E-state index is -4.96. The molecule has 0 spiro atoms. The lowest BCUT2D eigenvalue weighted by Crippen LogP contribution is -2.25. The fraction of sp³-hybridized carbons (Fsp3) is 0.429. The van der Waals surface area contributed by atoms with Gasteiger partial charge in [0.1, 0.15) is 12.4 Å². The van der Waals surface area contributed by atoms with Crippen LogP contribution in [-0.4, -0.2) is 38.2 Å². The van der Waals surface area contributed by atoms with Gasteiger partial charge in [-0.15, -0.1) is 0 Å². The molecule has 1 aliphatic rings. The van der Waals surface area contributed by atoms with Crippen LogP contribution in [0.5, 0.6) is 5.75 Å². The molecule has 0 N–H and O–H groups in total. The Bertz CT molecular complexity index is 1140. The van der Waals surface area contributed by atoms with E-state index in [0.29, 0.717) is 19.2 Å². The first-order valence-electron chi connectivity index (χ1n) is 10.2. The number of imidazole rings is 1. The molecule has 172 valence electrons. The Kier molecular flexibility index (Phi) is 6.09. The maximum atomic E-state index is 14.9. The van der Waals surface area contributed by atoms with Crippen molar-refractivity contribution in [2.45, 2.75) is 45.1 Å². The molecule has 7 nitrogen and oxygen atoms in total. The zero-order valence-corrected chi connectivity index (χ0v) is 17.3. The van der Waals surface area contributed by atoms with Gasteiger partial charge < -0.3 is 9.47 Å². The largest absolute Gasteiger partial charge is 0.491 e. The summed E-state index contributed by atoms with van der Waals surface area (Å²) in [5.41, 5.74) is -1.98. The van der Waals surface area contributed by atoms with Crippen LogP contribution in [0.1, 0.15) is 30.9 Å². The Labute approximate surface area is 180 Å². The summed E-state index contributed by atoms with van der Waals surface area (Å²) < 4.78 is 70.0. The van der Waals surface area contributed by atoms with Crippen LogP contribution < -0.4 is 10.4 Å². The highest BCUT2D eigenvalue weighted by Gasteiger charge is 2.36. The van der Waals surface area contributed by atoms with Crippen molar-refractivity contribution in [2.75, 3.05) is 13.2 Å². The van der Waals surface area contributed by atoms with Gasteiger partial charge in [0, 0.05) is 43.4 Å². The van der Waals surface area contributed by atoms with Crippen LogP contribution in [0.4, 0.5) is 17.6 Å². The Hall–Kier alpha value is -3.08. The van der Waals surface area contributed by atoms with E-state index in [1.165, 1.54) is 17.0 Å². The monoisotopic (exact) mass is 454 g/mol. The van der Waals surface area contributed by atoms with Crippen LogP contribution in [-0.2, 0) is 24.0 Å². The molecule has 3 heterocycles. The SMILES string of the molecule is CCn1cc(Cn2ccn(-c3cc(OC[C@@H]4CCCO4)cc(C(F)(F)F)c3F)c2=O)cn1. The van der Waals surface area contributed by atoms with Crippen molar-refractivity contribution in [3.8, 4) is 11.4 Å². The van der Waals surface area contributed by atoms with Crippen LogP contribution in [0.3, 0.4) is 0 Å². The van der Waals surface area contributed by atoms with E-state index in [2.05, 4.69) is 5.10 Å². The maximum Gasteiger partial charge on any atom is 0.419 e. The number of aromatic nitrogens is 4. The van der Waals surface area contributed by atoms with E-state index in [0.717, 1.165) is 29.0 Å². The first kappa shape index (κ1) is 22.1. The number of halogens is 4. The quantitative estimate of drug-likeness (QED) is 0.512. The van der Waals surface area contributed by atoms with Gasteiger partial charge >= 0.3 is 11.9 Å². The zero-order valence-electron chi connectivity index (χ0n) is 17.3. The molecule has 2 aromatic heterocycles. The summed E-state index contributed by atoms with van der Waals surface area (Å²) in [4.78, 5) is 12.8. The van der Waals surface area contributed by atoms with Crippen LogP contribution in [0, 0.1) is 5.82 Å². The van der Waals surface area contributed by atoms with Gasteiger partial charge in [0.05, 0.1) is 30.1 Å². The average Bonchev–Trinajstić information content (AvgIpc) is 3.49. The maximum absolute atomic E-state index is 14.9. The number of alkyl halides is 3. The van der Waals surface area contributed by atoms with Gasteiger partial charge in [0.25, 0.3) is 0 Å². The number of ether oxygens (including phenoxy) is 2. The van der Waals surface area contributed by atoms with Gasteiger partial charge in [-0.2, -0.15) is 18.3 Å². The third-order valence-electron chi connectivity index (χ3n) is 5.26. The minimum Gasteiger partial charge on any atom is -0.491 e. The molecule has 32 heavy (non-hydrogen) atoms. The molecule has 0 saturated carbocycles. The molecule has 0 unspecified atom stereocenters. The molecular weight excluding hydrogens is 432 g/mol. The Balaban J connectivity index is 1.67. The van der Waals surface area contributed by atoms with Gasteiger partial charge in [-0.1, -0.05) is 0 Å². The van der Waals surface area contributed by atoms with E-state index in [9.17, 15) is 22.4 Å². The van der Waals surface area contributed by atoms with E-state index in [1.807, 2.05) is 6.92 Å². The average molecular weight is 454 g/mol. The fourth-order valence-electron chi connectivity index (χ4n) is 3.59. The first-order chi connectivity index (χ1) is 15.3. The van der Waals surface area contributed by atoms with E-state index < -0.39 is 28.9 Å². The highest BCUT2D eigenvalue weighted by atomic mass is 19.4. The summed E-state index contributed by atoms with van der Waals surface area (Å²) in [6.07, 6.45) is 2.36. The predicted molar refractivity (Wildman–Crippen MR) is 106 cm³/mol. The molecule has 1 aromatic carbocycles. The first-order valence-corrected chi connectivity index (χ1v) is 10.2. The number of hydrogen-bond acceptors (Lipinski definition) is 4. The highest BCUT2D eigenvalue weighted by Crippen LogP contribution is 2.36. The topological polar surface area (TPSA) is 63.2 Å². The van der Waals surface area contributed by atoms with E-state index >= 15 is 0 Å². The smallest absolute Gasteiger partial charge is 0.419 e. The van der Waals surface area contributed by atoms with Crippen molar-refractivity contribution in [1.29, 1.82) is 0 Å². The standard InChI is InChI=1S/C21H22F4N4O3/c1-2-28-12-14(10-26-28)11-27-5-6-29(20(27)30)18-9-16(32-13-15-4-3-7-31-15)8-17(19(18)22)21(23,24)25/h5-6,8-10,12,15H,2-4,7,11,13H2,1H3/t15-/m0/s1. The number of aryl methyl sites for hydroxylation is 1. The Morgan fingerprint density at radius 3 is 2.75 bits per heavy atom. The highest BCUT2D eigenvalue weighted by molar-refractivity contribution is 5.46. The van der Waals surface area contributed by atoms with Crippen molar-refractivity contribution in [3.05, 3.63) is 64.3 Å². The van der Waals surface area contributed by atoms with Crippen LogP contribution in [0.2, 0.25) is 0 Å². The van der Waals surface area contributed by atoms with Crippen molar-refractivity contribution in [3.63, 3.8) is 0 Å². The van der Waals surface area contributed by atoms with Gasteiger partial charge in [0.15, 0.2) is 5.82 Å². The second kappa shape index (κ2) is 8.81. The lowest BCUT2D eigenvalue weighted by Gasteiger charge is -2.16. The zero-order chi connectivity index (χ0) is 22.9. The molecule has 0 radical (unpaired) electrons. The molecule has 1 aliphatic heterocycles. The molecular formula is C21H22F4N4O3. The Morgan fingerprint density at radius 2 is 2.09 bits per heavy atom. The van der Waals surface area contributed by atoms with Gasteiger partial charge in [-0.25, -0.2) is 9.18 Å². The molecule has 4 rings (SSSR count). The van der Waals surface area contributed by atoms with Gasteiger partial charge in [-0.3, -0.25) is 13.8 Å². The van der Waals surface area contributed by atoms with Crippen molar-refractivity contribution >= 4 is 0 Å². The molecule has 1 saturated heterocycles. The summed E-state index contributed by atoms with van der Waals surface area (Å²) in [5.74, 6) is -1.73. The lowest BCUT2D eigenvalue weighted by atomic mass is 10.1. The van der Waals surface area contributed by atoms with E-state index in [1.54, 1.807) is 17.1 Å². The normalized spacial score (nSPS) is 16.6. The third-order valence-corrected chi connectivity index (χ3v) is 5.26. The van der Waals surface area contributed by atoms with Crippen molar-refractivity contribution in [2.24, 2.45) is 0 Å². The van der Waals surface area contributed by atoms with Crippen molar-refractivity contribution in [1.82, 2.24) is 18.9 Å². The lowest BCUT2D eigenvalue weighted by molar-refractivity contribution is -0.140. The Morgan fingerprint density at radius 1 is 1.28 bits per heavy atom. The molecule has 1 fully saturated rings. The third kappa shape index (κ3) is 4.57. The molecule has 0 aliphatic carbocycles. The molecule has 0 bridgehead atoms. The van der Waals surface area contributed by atoms with Gasteiger partial charge in [0.2, 0.25) is 0 Å². The second-order valence-corrected chi connectivity index (χ2v) is 7.53. The summed E-state index contributed by atoms with van der Waals surface area (Å²) in [6.45, 7) is 3.32. The predicted octanol–water partition coefficient (Wildman–Crippen LogP) is 3.62. The molecule has 0 amide bonds. The molecule has 3 aromatic rings. The van der Waals surface area contributed by atoms with Crippen LogP contribution >= 0.6 is 0 Å². The minimum absolute atomic E-state index is 0.0414. The van der Waals surface area contributed by atoms with Crippen molar-refractivity contribution < 1.29 is 27.0 Å². The fourth-order valence-corrected chi connectivity index (χ4v) is 3.59.